The van der Waals surface area contributed by atoms with Crippen LogP contribution in [0.2, 0.25) is 0 Å². The van der Waals surface area contributed by atoms with Gasteiger partial charge in [-0.05, 0) is 31.0 Å². The molecule has 1 N–H and O–H groups in total. The minimum Gasteiger partial charge on any atom is -0.495 e. The third-order valence-corrected chi connectivity index (χ3v) is 6.54. The standard InChI is InChI=1S/C18H23FN4O5S/c1-21-11-14(17(24)22(2)18(21)25)23-8-6-13(7-9-23)20-29(26,27)16-10-12(19)4-5-15(16)28-3/h4-5,10-11,13,20H,6-9H2,1-3H3. The van der Waals surface area contributed by atoms with Crippen molar-refractivity contribution >= 4 is 15.7 Å². The number of rotatable bonds is 5. The number of halogens is 1. The van der Waals surface area contributed by atoms with E-state index in [2.05, 4.69) is 4.72 Å². The second-order valence-electron chi connectivity index (χ2n) is 6.95. The molecule has 1 aromatic carbocycles. The highest BCUT2D eigenvalue weighted by Crippen LogP contribution is 2.25. The van der Waals surface area contributed by atoms with E-state index in [1.165, 1.54) is 31.0 Å². The SMILES string of the molecule is COc1ccc(F)cc1S(=O)(=O)NC1CCN(c2cn(C)c(=O)n(C)c2=O)CC1. The lowest BCUT2D eigenvalue weighted by Gasteiger charge is -2.33. The molecule has 29 heavy (non-hydrogen) atoms. The van der Waals surface area contributed by atoms with Crippen molar-refractivity contribution < 1.29 is 17.5 Å². The number of nitrogens with zero attached hydrogens (tertiary/aromatic N) is 3. The Balaban J connectivity index is 1.75. The van der Waals surface area contributed by atoms with Gasteiger partial charge in [-0.2, -0.15) is 0 Å². The smallest absolute Gasteiger partial charge is 0.330 e. The fourth-order valence-corrected chi connectivity index (χ4v) is 4.87. The molecule has 0 atom stereocenters. The van der Waals surface area contributed by atoms with Gasteiger partial charge < -0.3 is 14.2 Å². The van der Waals surface area contributed by atoms with Crippen molar-refractivity contribution in [1.29, 1.82) is 0 Å². The highest BCUT2D eigenvalue weighted by Gasteiger charge is 2.28. The molecule has 158 valence electrons. The number of hydrogen-bond acceptors (Lipinski definition) is 6. The number of piperidine rings is 1. The fourth-order valence-electron chi connectivity index (χ4n) is 3.39. The number of anilines is 1. The molecule has 3 rings (SSSR count). The van der Waals surface area contributed by atoms with Crippen LogP contribution in [-0.2, 0) is 24.1 Å². The molecule has 0 amide bonds. The Hall–Kier alpha value is -2.66. The summed E-state index contributed by atoms with van der Waals surface area (Å²) in [5, 5.41) is 0. The molecule has 1 aliphatic heterocycles. The third kappa shape index (κ3) is 4.20. The van der Waals surface area contributed by atoms with Gasteiger partial charge in [0.1, 0.15) is 22.1 Å². The van der Waals surface area contributed by atoms with Crippen LogP contribution in [-0.4, -0.2) is 43.8 Å². The lowest BCUT2D eigenvalue weighted by atomic mass is 10.1. The minimum absolute atomic E-state index is 0.0602. The predicted octanol–water partition coefficient (Wildman–Crippen LogP) is 0.179. The maximum atomic E-state index is 13.6. The van der Waals surface area contributed by atoms with Crippen molar-refractivity contribution in [2.45, 2.75) is 23.8 Å². The average molecular weight is 426 g/mol. The lowest BCUT2D eigenvalue weighted by molar-refractivity contribution is 0.399. The number of aryl methyl sites for hydroxylation is 1. The number of hydrogen-bond donors (Lipinski definition) is 1. The minimum atomic E-state index is -3.98. The van der Waals surface area contributed by atoms with Crippen LogP contribution >= 0.6 is 0 Å². The first kappa shape index (κ1) is 21.1. The Labute approximate surface area is 167 Å². The molecule has 0 spiro atoms. The Morgan fingerprint density at radius 3 is 2.45 bits per heavy atom. The molecule has 1 aromatic heterocycles. The van der Waals surface area contributed by atoms with Crippen molar-refractivity contribution in [1.82, 2.24) is 13.9 Å². The van der Waals surface area contributed by atoms with Crippen LogP contribution in [0.1, 0.15) is 12.8 Å². The van der Waals surface area contributed by atoms with Crippen LogP contribution in [0, 0.1) is 5.82 Å². The van der Waals surface area contributed by atoms with Crippen molar-refractivity contribution in [2.75, 3.05) is 25.1 Å². The van der Waals surface area contributed by atoms with Gasteiger partial charge in [-0.3, -0.25) is 9.36 Å². The number of benzene rings is 1. The predicted molar refractivity (Wildman–Crippen MR) is 105 cm³/mol. The summed E-state index contributed by atoms with van der Waals surface area (Å²) in [5.74, 6) is -0.614. The second kappa shape index (κ2) is 7.99. The topological polar surface area (TPSA) is 103 Å². The highest BCUT2D eigenvalue weighted by atomic mass is 32.2. The highest BCUT2D eigenvalue weighted by molar-refractivity contribution is 7.89. The number of aromatic nitrogens is 2. The number of ether oxygens (including phenoxy) is 1. The third-order valence-electron chi connectivity index (χ3n) is 5.00. The van der Waals surface area contributed by atoms with Gasteiger partial charge >= 0.3 is 5.69 Å². The molecule has 0 unspecified atom stereocenters. The van der Waals surface area contributed by atoms with Gasteiger partial charge in [-0.25, -0.2) is 22.3 Å². The van der Waals surface area contributed by atoms with Crippen LogP contribution in [0.3, 0.4) is 0 Å². The van der Waals surface area contributed by atoms with Gasteiger partial charge in [0.25, 0.3) is 5.56 Å². The molecule has 1 saturated heterocycles. The van der Waals surface area contributed by atoms with E-state index >= 15 is 0 Å². The van der Waals surface area contributed by atoms with E-state index in [9.17, 15) is 22.4 Å². The average Bonchev–Trinajstić information content (AvgIpc) is 2.69. The first-order chi connectivity index (χ1) is 13.6. The summed E-state index contributed by atoms with van der Waals surface area (Å²) in [6, 6.07) is 2.94. The summed E-state index contributed by atoms with van der Waals surface area (Å²) < 4.78 is 49.0. The van der Waals surface area contributed by atoms with Crippen LogP contribution < -0.4 is 25.6 Å². The fraction of sp³-hybridized carbons (Fsp3) is 0.444. The Bertz CT molecular complexity index is 1130. The van der Waals surface area contributed by atoms with Crippen molar-refractivity contribution in [3.05, 3.63) is 51.1 Å². The number of sulfonamides is 1. The van der Waals surface area contributed by atoms with E-state index in [1.54, 1.807) is 7.05 Å². The lowest BCUT2D eigenvalue weighted by Crippen LogP contribution is -2.47. The van der Waals surface area contributed by atoms with Crippen molar-refractivity contribution in [2.24, 2.45) is 14.1 Å². The number of nitrogens with one attached hydrogen (secondary N) is 1. The monoisotopic (exact) mass is 426 g/mol. The molecule has 0 aliphatic carbocycles. The molecule has 1 aliphatic rings. The van der Waals surface area contributed by atoms with E-state index in [0.29, 0.717) is 31.6 Å². The van der Waals surface area contributed by atoms with Gasteiger partial charge in [0.15, 0.2) is 0 Å². The summed E-state index contributed by atoms with van der Waals surface area (Å²) in [4.78, 5) is 25.8. The quantitative estimate of drug-likeness (QED) is 0.732. The molecule has 0 bridgehead atoms. The molecular weight excluding hydrogens is 403 g/mol. The molecule has 11 heteroatoms. The molecule has 0 saturated carbocycles. The summed E-state index contributed by atoms with van der Waals surface area (Å²) >= 11 is 0. The van der Waals surface area contributed by atoms with Gasteiger partial charge in [0, 0.05) is 39.4 Å². The molecule has 0 radical (unpaired) electrons. The van der Waals surface area contributed by atoms with Gasteiger partial charge in [0.05, 0.1) is 7.11 Å². The van der Waals surface area contributed by atoms with Gasteiger partial charge in [0.2, 0.25) is 10.0 Å². The maximum absolute atomic E-state index is 13.6. The van der Waals surface area contributed by atoms with E-state index in [0.717, 1.165) is 16.7 Å². The van der Waals surface area contributed by atoms with Crippen molar-refractivity contribution in [3.63, 3.8) is 0 Å². The van der Waals surface area contributed by atoms with Crippen LogP contribution in [0.5, 0.6) is 5.75 Å². The summed E-state index contributed by atoms with van der Waals surface area (Å²) in [7, 11) is 0.325. The van der Waals surface area contributed by atoms with Gasteiger partial charge in [-0.15, -0.1) is 0 Å². The van der Waals surface area contributed by atoms with E-state index in [4.69, 9.17) is 4.74 Å². The van der Waals surface area contributed by atoms with Crippen LogP contribution in [0.15, 0.2) is 38.9 Å². The zero-order valence-corrected chi connectivity index (χ0v) is 17.2. The molecule has 2 aromatic rings. The first-order valence-electron chi connectivity index (χ1n) is 9.01. The molecular formula is C18H23FN4O5S. The van der Waals surface area contributed by atoms with Crippen molar-refractivity contribution in [3.8, 4) is 5.75 Å². The zero-order valence-electron chi connectivity index (χ0n) is 16.4. The molecule has 9 nitrogen and oxygen atoms in total. The first-order valence-corrected chi connectivity index (χ1v) is 10.5. The Morgan fingerprint density at radius 1 is 1.17 bits per heavy atom. The van der Waals surface area contributed by atoms with E-state index in [-0.39, 0.29) is 16.7 Å². The van der Waals surface area contributed by atoms with Crippen LogP contribution in [0.25, 0.3) is 0 Å². The largest absolute Gasteiger partial charge is 0.495 e. The zero-order chi connectivity index (χ0) is 21.3. The van der Waals surface area contributed by atoms with Gasteiger partial charge in [-0.1, -0.05) is 0 Å². The van der Waals surface area contributed by atoms with Crippen LogP contribution in [0.4, 0.5) is 10.1 Å². The van der Waals surface area contributed by atoms with E-state index < -0.39 is 27.1 Å². The number of methoxy groups -OCH3 is 1. The molecule has 2 heterocycles. The molecule has 1 fully saturated rings. The summed E-state index contributed by atoms with van der Waals surface area (Å²) in [6.07, 6.45) is 2.39. The second-order valence-corrected chi connectivity index (χ2v) is 8.63. The van der Waals surface area contributed by atoms with E-state index in [1.807, 2.05) is 4.90 Å². The maximum Gasteiger partial charge on any atom is 0.330 e. The normalized spacial score (nSPS) is 15.5. The summed E-state index contributed by atoms with van der Waals surface area (Å²) in [6.45, 7) is 0.863. The Morgan fingerprint density at radius 2 is 1.83 bits per heavy atom. The summed E-state index contributed by atoms with van der Waals surface area (Å²) in [5.41, 5.74) is -0.412. The Kier molecular flexibility index (Phi) is 5.80.